The Labute approximate surface area is 164 Å². The number of nitrogens with zero attached hydrogens (tertiary/aromatic N) is 1. The molecular formula is C19H16ClN3O3S. The van der Waals surface area contributed by atoms with Crippen LogP contribution in [0.3, 0.4) is 0 Å². The van der Waals surface area contributed by atoms with Gasteiger partial charge in [-0.05, 0) is 30.3 Å². The SMILES string of the molecule is Cn1c(=O)cc(C(=O)NNC(=O)CSc2ccc(Cl)cc2)c2ccccc21. The van der Waals surface area contributed by atoms with Crippen LogP contribution in [0.15, 0.2) is 64.3 Å². The number of carbonyl (C=O) groups excluding carboxylic acids is 2. The molecule has 0 saturated carbocycles. The Hall–Kier alpha value is -2.77. The summed E-state index contributed by atoms with van der Waals surface area (Å²) in [5.41, 5.74) is 5.27. The van der Waals surface area contributed by atoms with E-state index in [0.717, 1.165) is 4.90 Å². The van der Waals surface area contributed by atoms with E-state index in [1.165, 1.54) is 22.4 Å². The van der Waals surface area contributed by atoms with Gasteiger partial charge >= 0.3 is 0 Å². The standard InChI is InChI=1S/C19H16ClN3O3S/c1-23-16-5-3-2-4-14(16)15(10-18(23)25)19(26)22-21-17(24)11-27-13-8-6-12(20)7-9-13/h2-10H,11H2,1H3,(H,21,24)(H,22,26). The number of hydrazine groups is 1. The number of hydrogen-bond donors (Lipinski definition) is 2. The van der Waals surface area contributed by atoms with Crippen LogP contribution in [0.5, 0.6) is 0 Å². The van der Waals surface area contributed by atoms with E-state index >= 15 is 0 Å². The third-order valence-electron chi connectivity index (χ3n) is 3.90. The van der Waals surface area contributed by atoms with E-state index in [1.807, 2.05) is 12.1 Å². The van der Waals surface area contributed by atoms with Crippen LogP contribution in [-0.2, 0) is 11.8 Å². The molecule has 2 N–H and O–H groups in total. The molecule has 3 rings (SSSR count). The number of para-hydroxylation sites is 1. The maximum absolute atomic E-state index is 12.4. The molecule has 8 heteroatoms. The number of rotatable bonds is 4. The molecule has 0 fully saturated rings. The number of carbonyl (C=O) groups is 2. The summed E-state index contributed by atoms with van der Waals surface area (Å²) in [4.78, 5) is 37.4. The van der Waals surface area contributed by atoms with Crippen LogP contribution >= 0.6 is 23.4 Å². The number of benzene rings is 2. The first-order chi connectivity index (χ1) is 13.0. The zero-order valence-corrected chi connectivity index (χ0v) is 15.9. The van der Waals surface area contributed by atoms with Gasteiger partial charge < -0.3 is 4.57 Å². The Kier molecular flexibility index (Phi) is 5.83. The van der Waals surface area contributed by atoms with Gasteiger partial charge in [-0.15, -0.1) is 11.8 Å². The summed E-state index contributed by atoms with van der Waals surface area (Å²) in [5.74, 6) is -0.788. The Morgan fingerprint density at radius 2 is 1.78 bits per heavy atom. The van der Waals surface area contributed by atoms with Gasteiger partial charge in [0.25, 0.3) is 11.5 Å². The average molecular weight is 402 g/mol. The summed E-state index contributed by atoms with van der Waals surface area (Å²) in [5, 5.41) is 1.25. The van der Waals surface area contributed by atoms with Crippen molar-refractivity contribution in [3.8, 4) is 0 Å². The quantitative estimate of drug-likeness (QED) is 0.520. The van der Waals surface area contributed by atoms with E-state index in [0.29, 0.717) is 15.9 Å². The normalized spacial score (nSPS) is 10.6. The Morgan fingerprint density at radius 3 is 2.52 bits per heavy atom. The minimum Gasteiger partial charge on any atom is -0.311 e. The smallest absolute Gasteiger partial charge is 0.270 e. The van der Waals surface area contributed by atoms with E-state index in [4.69, 9.17) is 11.6 Å². The van der Waals surface area contributed by atoms with Crippen molar-refractivity contribution >= 4 is 46.1 Å². The lowest BCUT2D eigenvalue weighted by Crippen LogP contribution is -2.43. The summed E-state index contributed by atoms with van der Waals surface area (Å²) in [7, 11) is 1.64. The predicted octanol–water partition coefficient (Wildman–Crippen LogP) is 2.75. The lowest BCUT2D eigenvalue weighted by atomic mass is 10.1. The lowest BCUT2D eigenvalue weighted by Gasteiger charge is -2.11. The van der Waals surface area contributed by atoms with Crippen molar-refractivity contribution in [2.24, 2.45) is 7.05 Å². The molecule has 3 aromatic rings. The number of aryl methyl sites for hydroxylation is 1. The van der Waals surface area contributed by atoms with Crippen LogP contribution in [0.2, 0.25) is 5.02 Å². The average Bonchev–Trinajstić information content (AvgIpc) is 2.68. The fourth-order valence-corrected chi connectivity index (χ4v) is 3.33. The summed E-state index contributed by atoms with van der Waals surface area (Å²) >= 11 is 7.14. The lowest BCUT2D eigenvalue weighted by molar-refractivity contribution is -0.119. The van der Waals surface area contributed by atoms with Gasteiger partial charge in [-0.2, -0.15) is 0 Å². The molecule has 0 radical (unpaired) electrons. The van der Waals surface area contributed by atoms with E-state index in [1.54, 1.807) is 43.4 Å². The highest BCUT2D eigenvalue weighted by Crippen LogP contribution is 2.20. The van der Waals surface area contributed by atoms with Gasteiger partial charge in [0.05, 0.1) is 16.8 Å². The second-order valence-corrected chi connectivity index (χ2v) is 7.20. The molecule has 0 aliphatic heterocycles. The van der Waals surface area contributed by atoms with Gasteiger partial charge in [-0.1, -0.05) is 29.8 Å². The highest BCUT2D eigenvalue weighted by Gasteiger charge is 2.14. The van der Waals surface area contributed by atoms with Gasteiger partial charge in [0.15, 0.2) is 0 Å². The molecule has 2 aromatic carbocycles. The Bertz CT molecular complexity index is 1060. The van der Waals surface area contributed by atoms with Gasteiger partial charge in [0.1, 0.15) is 0 Å². The number of halogens is 1. The fourth-order valence-electron chi connectivity index (χ4n) is 2.51. The van der Waals surface area contributed by atoms with E-state index in [-0.39, 0.29) is 22.8 Å². The van der Waals surface area contributed by atoms with E-state index < -0.39 is 5.91 Å². The van der Waals surface area contributed by atoms with Gasteiger partial charge in [0.2, 0.25) is 5.91 Å². The molecule has 0 unspecified atom stereocenters. The first-order valence-electron chi connectivity index (χ1n) is 8.02. The fraction of sp³-hybridized carbons (Fsp3) is 0.105. The molecule has 0 bridgehead atoms. The second kappa shape index (κ2) is 8.28. The molecule has 0 aliphatic carbocycles. The molecule has 27 heavy (non-hydrogen) atoms. The van der Waals surface area contributed by atoms with Crippen molar-refractivity contribution in [3.05, 3.63) is 75.5 Å². The highest BCUT2D eigenvalue weighted by molar-refractivity contribution is 8.00. The molecule has 6 nitrogen and oxygen atoms in total. The number of amides is 2. The molecule has 0 aliphatic rings. The van der Waals surface area contributed by atoms with Gasteiger partial charge in [-0.25, -0.2) is 0 Å². The topological polar surface area (TPSA) is 80.2 Å². The summed E-state index contributed by atoms with van der Waals surface area (Å²) in [6.07, 6.45) is 0. The van der Waals surface area contributed by atoms with Crippen molar-refractivity contribution in [2.45, 2.75) is 4.90 Å². The van der Waals surface area contributed by atoms with Crippen molar-refractivity contribution in [2.75, 3.05) is 5.75 Å². The number of aromatic nitrogens is 1. The number of fused-ring (bicyclic) bond motifs is 1. The second-order valence-electron chi connectivity index (χ2n) is 5.72. The van der Waals surface area contributed by atoms with Crippen LogP contribution < -0.4 is 16.4 Å². The van der Waals surface area contributed by atoms with Crippen LogP contribution in [0.1, 0.15) is 10.4 Å². The Balaban J connectivity index is 1.65. The molecular weight excluding hydrogens is 386 g/mol. The maximum atomic E-state index is 12.4. The van der Waals surface area contributed by atoms with Gasteiger partial charge in [-0.3, -0.25) is 25.2 Å². The third-order valence-corrected chi connectivity index (χ3v) is 5.16. The minimum atomic E-state index is -0.547. The predicted molar refractivity (Wildman–Crippen MR) is 107 cm³/mol. The third kappa shape index (κ3) is 4.50. The maximum Gasteiger partial charge on any atom is 0.270 e. The number of pyridine rings is 1. The van der Waals surface area contributed by atoms with Crippen LogP contribution in [-0.4, -0.2) is 22.1 Å². The number of hydrogen-bond acceptors (Lipinski definition) is 4. The first kappa shape index (κ1) is 19.0. The number of nitrogens with one attached hydrogen (secondary N) is 2. The summed E-state index contributed by atoms with van der Waals surface area (Å²) < 4.78 is 1.47. The molecule has 1 aromatic heterocycles. The molecule has 2 amide bonds. The van der Waals surface area contributed by atoms with Crippen molar-refractivity contribution in [1.82, 2.24) is 15.4 Å². The zero-order valence-electron chi connectivity index (χ0n) is 14.4. The van der Waals surface area contributed by atoms with E-state index in [9.17, 15) is 14.4 Å². The van der Waals surface area contributed by atoms with Crippen molar-refractivity contribution in [1.29, 1.82) is 0 Å². The summed E-state index contributed by atoms with van der Waals surface area (Å²) in [6.45, 7) is 0. The first-order valence-corrected chi connectivity index (χ1v) is 9.38. The van der Waals surface area contributed by atoms with Crippen molar-refractivity contribution in [3.63, 3.8) is 0 Å². The summed E-state index contributed by atoms with van der Waals surface area (Å²) in [6, 6.07) is 15.4. The molecule has 1 heterocycles. The largest absolute Gasteiger partial charge is 0.311 e. The molecule has 0 saturated heterocycles. The number of thioether (sulfide) groups is 1. The minimum absolute atomic E-state index is 0.124. The monoisotopic (exact) mass is 401 g/mol. The highest BCUT2D eigenvalue weighted by atomic mass is 35.5. The molecule has 0 spiro atoms. The Morgan fingerprint density at radius 1 is 1.07 bits per heavy atom. The van der Waals surface area contributed by atoms with Crippen LogP contribution in [0, 0.1) is 0 Å². The molecule has 138 valence electrons. The van der Waals surface area contributed by atoms with Gasteiger partial charge in [0, 0.05) is 28.4 Å². The molecule has 0 atom stereocenters. The van der Waals surface area contributed by atoms with Crippen LogP contribution in [0.25, 0.3) is 10.9 Å². The van der Waals surface area contributed by atoms with Crippen molar-refractivity contribution < 1.29 is 9.59 Å². The zero-order chi connectivity index (χ0) is 19.4. The van der Waals surface area contributed by atoms with E-state index in [2.05, 4.69) is 10.9 Å². The van der Waals surface area contributed by atoms with Crippen LogP contribution in [0.4, 0.5) is 0 Å².